The maximum absolute atomic E-state index is 12.0. The van der Waals surface area contributed by atoms with Crippen LogP contribution in [0.25, 0.3) is 0 Å². The van der Waals surface area contributed by atoms with Gasteiger partial charge < -0.3 is 9.47 Å². The average molecular weight is 354 g/mol. The second-order valence-corrected chi connectivity index (χ2v) is 7.35. The number of benzene rings is 1. The lowest BCUT2D eigenvalue weighted by molar-refractivity contribution is 0.294. The van der Waals surface area contributed by atoms with E-state index in [1.807, 2.05) is 6.92 Å². The molecule has 2 aromatic rings. The van der Waals surface area contributed by atoms with Gasteiger partial charge in [-0.15, -0.1) is 11.3 Å². The monoisotopic (exact) mass is 354 g/mol. The zero-order chi connectivity index (χ0) is 16.7. The van der Waals surface area contributed by atoms with Crippen molar-refractivity contribution in [3.63, 3.8) is 0 Å². The molecule has 124 valence electrons. The molecule has 2 rings (SSSR count). The number of nitrogens with zero attached hydrogens (tertiary/aromatic N) is 1. The molecule has 1 aromatic heterocycles. The number of methoxy groups -OCH3 is 1. The van der Waals surface area contributed by atoms with Gasteiger partial charge in [-0.05, 0) is 30.0 Å². The van der Waals surface area contributed by atoms with E-state index in [4.69, 9.17) is 9.47 Å². The topological polar surface area (TPSA) is 77.0 Å². The van der Waals surface area contributed by atoms with Crippen LogP contribution in [0, 0.1) is 0 Å². The Hall–Kier alpha value is -2.06. The van der Waals surface area contributed by atoms with Crippen LogP contribution in [0.15, 0.2) is 45.0 Å². The lowest BCUT2D eigenvalue weighted by Crippen LogP contribution is -2.17. The molecule has 23 heavy (non-hydrogen) atoms. The minimum Gasteiger partial charge on any atom is -0.493 e. The molecule has 0 amide bonds. The van der Waals surface area contributed by atoms with Crippen LogP contribution in [0.5, 0.6) is 11.5 Å². The summed E-state index contributed by atoms with van der Waals surface area (Å²) in [6, 6.07) is 8.52. The van der Waals surface area contributed by atoms with Gasteiger partial charge in [0.2, 0.25) is 0 Å². The van der Waals surface area contributed by atoms with Crippen molar-refractivity contribution in [2.45, 2.75) is 17.6 Å². The number of ether oxygens (including phenoxy) is 2. The van der Waals surface area contributed by atoms with Gasteiger partial charge in [0.05, 0.1) is 19.9 Å². The van der Waals surface area contributed by atoms with Gasteiger partial charge in [-0.25, -0.2) is 0 Å². The summed E-state index contributed by atoms with van der Waals surface area (Å²) in [4.78, 5) is 2.19. The van der Waals surface area contributed by atoms with Crippen LogP contribution in [0.1, 0.15) is 18.9 Å². The number of nitrogens with one attached hydrogen (secondary N) is 1. The number of hydrogen-bond donors (Lipinski definition) is 1. The van der Waals surface area contributed by atoms with Crippen molar-refractivity contribution in [2.24, 2.45) is 5.10 Å². The van der Waals surface area contributed by atoms with Gasteiger partial charge in [0.15, 0.2) is 11.5 Å². The third-order valence-electron chi connectivity index (χ3n) is 2.82. The predicted octanol–water partition coefficient (Wildman–Crippen LogP) is 2.86. The molecule has 0 aliphatic rings. The Morgan fingerprint density at radius 3 is 2.78 bits per heavy atom. The quantitative estimate of drug-likeness (QED) is 0.584. The lowest BCUT2D eigenvalue weighted by Gasteiger charge is -2.12. The second-order valence-electron chi connectivity index (χ2n) is 4.51. The normalized spacial score (nSPS) is 11.6. The number of rotatable bonds is 8. The molecule has 0 saturated heterocycles. The standard InChI is InChI=1S/C15H18N2O4S2/c1-3-9-21-15-12(6-4-7-13(15)20-2)11-16-17-23(18,19)14-8-5-10-22-14/h4-8,10-11,17H,3,9H2,1-2H3/b16-11+. The number of thiophene rings is 1. The summed E-state index contributed by atoms with van der Waals surface area (Å²) in [5, 5.41) is 5.51. The summed E-state index contributed by atoms with van der Waals surface area (Å²) < 4.78 is 35.1. The first kappa shape index (κ1) is 17.3. The summed E-state index contributed by atoms with van der Waals surface area (Å²) in [5.74, 6) is 1.11. The van der Waals surface area contributed by atoms with Gasteiger partial charge in [-0.2, -0.15) is 18.4 Å². The smallest absolute Gasteiger partial charge is 0.286 e. The Bertz CT molecular complexity index is 756. The van der Waals surface area contributed by atoms with Gasteiger partial charge in [-0.3, -0.25) is 0 Å². The molecule has 1 N–H and O–H groups in total. The van der Waals surface area contributed by atoms with Gasteiger partial charge in [0.25, 0.3) is 10.0 Å². The fraction of sp³-hybridized carbons (Fsp3) is 0.267. The van der Waals surface area contributed by atoms with Gasteiger partial charge in [0, 0.05) is 5.56 Å². The average Bonchev–Trinajstić information content (AvgIpc) is 3.08. The number of para-hydroxylation sites is 1. The van der Waals surface area contributed by atoms with Crippen molar-refractivity contribution >= 4 is 27.6 Å². The first-order chi connectivity index (χ1) is 11.1. The SMILES string of the molecule is CCCOc1c(/C=N/NS(=O)(=O)c2cccs2)cccc1OC. The van der Waals surface area contributed by atoms with Crippen molar-refractivity contribution in [1.29, 1.82) is 0 Å². The highest BCUT2D eigenvalue weighted by atomic mass is 32.2. The Balaban J connectivity index is 2.19. The van der Waals surface area contributed by atoms with E-state index >= 15 is 0 Å². The predicted molar refractivity (Wildman–Crippen MR) is 91.0 cm³/mol. The third kappa shape index (κ3) is 4.46. The van der Waals surface area contributed by atoms with E-state index < -0.39 is 10.0 Å². The third-order valence-corrected chi connectivity index (χ3v) is 5.44. The molecule has 0 saturated carbocycles. The van der Waals surface area contributed by atoms with E-state index in [1.165, 1.54) is 12.3 Å². The van der Waals surface area contributed by atoms with Crippen LogP contribution in [-0.4, -0.2) is 28.3 Å². The molecule has 1 heterocycles. The van der Waals surface area contributed by atoms with Crippen molar-refractivity contribution in [2.75, 3.05) is 13.7 Å². The highest BCUT2D eigenvalue weighted by Gasteiger charge is 2.14. The van der Waals surface area contributed by atoms with Crippen molar-refractivity contribution in [3.8, 4) is 11.5 Å². The Morgan fingerprint density at radius 1 is 1.30 bits per heavy atom. The molecule has 0 aliphatic carbocycles. The molecule has 8 heteroatoms. The van der Waals surface area contributed by atoms with E-state index in [0.29, 0.717) is 23.7 Å². The first-order valence-corrected chi connectivity index (χ1v) is 9.33. The molecule has 0 atom stereocenters. The van der Waals surface area contributed by atoms with Gasteiger partial charge in [0.1, 0.15) is 4.21 Å². The lowest BCUT2D eigenvalue weighted by atomic mass is 10.2. The first-order valence-electron chi connectivity index (χ1n) is 6.96. The molecular formula is C15H18N2O4S2. The maximum Gasteiger partial charge on any atom is 0.286 e. The van der Waals surface area contributed by atoms with E-state index in [2.05, 4.69) is 9.93 Å². The second kappa shape index (κ2) is 7.98. The summed E-state index contributed by atoms with van der Waals surface area (Å²) >= 11 is 1.13. The summed E-state index contributed by atoms with van der Waals surface area (Å²) in [6.07, 6.45) is 2.25. The van der Waals surface area contributed by atoms with Crippen LogP contribution in [0.4, 0.5) is 0 Å². The van der Waals surface area contributed by atoms with Gasteiger partial charge in [-0.1, -0.05) is 19.1 Å². The molecule has 0 fully saturated rings. The van der Waals surface area contributed by atoms with E-state index in [0.717, 1.165) is 17.8 Å². The zero-order valence-electron chi connectivity index (χ0n) is 12.9. The fourth-order valence-corrected chi connectivity index (χ4v) is 3.55. The molecule has 0 spiro atoms. The molecule has 0 aliphatic heterocycles. The van der Waals surface area contributed by atoms with Crippen LogP contribution < -0.4 is 14.3 Å². The van der Waals surface area contributed by atoms with Crippen molar-refractivity contribution < 1.29 is 17.9 Å². The fourth-order valence-electron chi connectivity index (χ4n) is 1.78. The number of hydrogen-bond acceptors (Lipinski definition) is 6. The number of sulfonamides is 1. The van der Waals surface area contributed by atoms with E-state index in [9.17, 15) is 8.42 Å². The van der Waals surface area contributed by atoms with E-state index in [-0.39, 0.29) is 4.21 Å². The summed E-state index contributed by atoms with van der Waals surface area (Å²) in [5.41, 5.74) is 0.631. The minimum absolute atomic E-state index is 0.211. The Morgan fingerprint density at radius 2 is 2.13 bits per heavy atom. The number of hydrazone groups is 1. The largest absolute Gasteiger partial charge is 0.493 e. The molecular weight excluding hydrogens is 336 g/mol. The van der Waals surface area contributed by atoms with Crippen molar-refractivity contribution in [1.82, 2.24) is 4.83 Å². The molecule has 6 nitrogen and oxygen atoms in total. The highest BCUT2D eigenvalue weighted by molar-refractivity contribution is 7.91. The Kier molecular flexibility index (Phi) is 6.00. The highest BCUT2D eigenvalue weighted by Crippen LogP contribution is 2.30. The molecule has 0 unspecified atom stereocenters. The summed E-state index contributed by atoms with van der Waals surface area (Å²) in [7, 11) is -2.08. The van der Waals surface area contributed by atoms with Crippen molar-refractivity contribution in [3.05, 3.63) is 41.3 Å². The van der Waals surface area contributed by atoms with E-state index in [1.54, 1.807) is 36.8 Å². The molecule has 0 radical (unpaired) electrons. The van der Waals surface area contributed by atoms with Gasteiger partial charge >= 0.3 is 0 Å². The molecule has 1 aromatic carbocycles. The van der Waals surface area contributed by atoms with Crippen LogP contribution in [-0.2, 0) is 10.0 Å². The zero-order valence-corrected chi connectivity index (χ0v) is 14.5. The van der Waals surface area contributed by atoms with Crippen LogP contribution in [0.3, 0.4) is 0 Å². The Labute approximate surface area is 139 Å². The summed E-state index contributed by atoms with van der Waals surface area (Å²) in [6.45, 7) is 2.53. The minimum atomic E-state index is -3.63. The van der Waals surface area contributed by atoms with Crippen LogP contribution >= 0.6 is 11.3 Å². The molecule has 0 bridgehead atoms. The van der Waals surface area contributed by atoms with Crippen LogP contribution in [0.2, 0.25) is 0 Å². The maximum atomic E-state index is 12.0.